The molecule has 0 saturated carbocycles. The van der Waals surface area contributed by atoms with E-state index in [1.165, 1.54) is 35.1 Å². The van der Waals surface area contributed by atoms with Crippen LogP contribution in [-0.4, -0.2) is 25.7 Å². The molecule has 0 aromatic heterocycles. The maximum Gasteiger partial charge on any atom is 0.123 e. The summed E-state index contributed by atoms with van der Waals surface area (Å²) in [7, 11) is 1.76. The van der Waals surface area contributed by atoms with Crippen molar-refractivity contribution in [2.75, 3.05) is 13.7 Å². The summed E-state index contributed by atoms with van der Waals surface area (Å²) in [6.07, 6.45) is 2.35. The number of nitrogens with one attached hydrogen (secondary N) is 2. The molecule has 0 radical (unpaired) electrons. The lowest BCUT2D eigenvalue weighted by molar-refractivity contribution is 0.278. The first-order valence-electron chi connectivity index (χ1n) is 11.9. The first-order valence-corrected chi connectivity index (χ1v) is 11.9. The van der Waals surface area contributed by atoms with Crippen LogP contribution in [0.15, 0.2) is 78.9 Å². The second-order valence-corrected chi connectivity index (χ2v) is 9.13. The summed E-state index contributed by atoms with van der Waals surface area (Å²) in [5.74, 6) is 1.77. The standard InChI is InChI=1S/C29H36N2O/c1-21(2)24-16-17-27(32-3)25(19-24)20-31-26-15-10-18-30-29(26)28(22-11-6-4-7-12-22)23-13-8-5-9-14-23/h4-9,11-14,16-17,19,21,26,28-31H,10,15,18,20H2,1-3H3/t26-,29+/m1/s1. The van der Waals surface area contributed by atoms with Crippen LogP contribution >= 0.6 is 0 Å². The molecule has 2 N–H and O–H groups in total. The highest BCUT2D eigenvalue weighted by molar-refractivity contribution is 5.39. The van der Waals surface area contributed by atoms with Crippen molar-refractivity contribution in [2.24, 2.45) is 0 Å². The zero-order valence-corrected chi connectivity index (χ0v) is 19.6. The zero-order chi connectivity index (χ0) is 22.3. The van der Waals surface area contributed by atoms with E-state index in [9.17, 15) is 0 Å². The number of hydrogen-bond acceptors (Lipinski definition) is 3. The van der Waals surface area contributed by atoms with E-state index in [0.717, 1.165) is 18.8 Å². The molecular weight excluding hydrogens is 392 g/mol. The molecule has 3 aromatic carbocycles. The van der Waals surface area contributed by atoms with Crippen LogP contribution in [0.2, 0.25) is 0 Å². The van der Waals surface area contributed by atoms with Crippen molar-refractivity contribution in [2.45, 2.75) is 57.2 Å². The Morgan fingerprint density at radius 2 is 1.56 bits per heavy atom. The molecular formula is C29H36N2O. The van der Waals surface area contributed by atoms with E-state index in [4.69, 9.17) is 4.74 Å². The van der Waals surface area contributed by atoms with Gasteiger partial charge in [-0.2, -0.15) is 0 Å². The predicted molar refractivity (Wildman–Crippen MR) is 133 cm³/mol. The highest BCUT2D eigenvalue weighted by Crippen LogP contribution is 2.32. The van der Waals surface area contributed by atoms with Crippen LogP contribution in [0, 0.1) is 0 Å². The van der Waals surface area contributed by atoms with Gasteiger partial charge in [-0.1, -0.05) is 86.6 Å². The first-order chi connectivity index (χ1) is 15.7. The average Bonchev–Trinajstić information content (AvgIpc) is 2.84. The van der Waals surface area contributed by atoms with Crippen molar-refractivity contribution in [3.63, 3.8) is 0 Å². The molecule has 3 heteroatoms. The Bertz CT molecular complexity index is 931. The minimum Gasteiger partial charge on any atom is -0.496 e. The van der Waals surface area contributed by atoms with Crippen LogP contribution in [0.4, 0.5) is 0 Å². The third kappa shape index (κ3) is 5.23. The van der Waals surface area contributed by atoms with Crippen molar-refractivity contribution in [1.82, 2.24) is 10.6 Å². The molecule has 0 aliphatic carbocycles. The van der Waals surface area contributed by atoms with Crippen molar-refractivity contribution in [1.29, 1.82) is 0 Å². The number of ether oxygens (including phenoxy) is 1. The van der Waals surface area contributed by atoms with Gasteiger partial charge in [0.1, 0.15) is 5.75 Å². The van der Waals surface area contributed by atoms with E-state index in [0.29, 0.717) is 23.9 Å². The second kappa shape index (κ2) is 10.8. The summed E-state index contributed by atoms with van der Waals surface area (Å²) in [4.78, 5) is 0. The Labute approximate surface area is 193 Å². The minimum atomic E-state index is 0.305. The molecule has 0 spiro atoms. The van der Waals surface area contributed by atoms with Crippen molar-refractivity contribution < 1.29 is 4.74 Å². The number of rotatable bonds is 8. The van der Waals surface area contributed by atoms with Crippen LogP contribution in [0.5, 0.6) is 5.75 Å². The summed E-state index contributed by atoms with van der Waals surface area (Å²) < 4.78 is 5.68. The van der Waals surface area contributed by atoms with E-state index in [1.54, 1.807) is 7.11 Å². The van der Waals surface area contributed by atoms with Crippen LogP contribution in [-0.2, 0) is 6.54 Å². The van der Waals surface area contributed by atoms with Gasteiger partial charge in [0.25, 0.3) is 0 Å². The van der Waals surface area contributed by atoms with Gasteiger partial charge in [-0.3, -0.25) is 0 Å². The number of piperidine rings is 1. The van der Waals surface area contributed by atoms with Gasteiger partial charge in [-0.25, -0.2) is 0 Å². The lowest BCUT2D eigenvalue weighted by Gasteiger charge is -2.39. The Kier molecular flexibility index (Phi) is 7.62. The van der Waals surface area contributed by atoms with E-state index < -0.39 is 0 Å². The molecule has 1 aliphatic rings. The highest BCUT2D eigenvalue weighted by Gasteiger charge is 2.33. The van der Waals surface area contributed by atoms with Gasteiger partial charge in [0.05, 0.1) is 7.11 Å². The van der Waals surface area contributed by atoms with E-state index >= 15 is 0 Å². The Hall–Kier alpha value is -2.62. The molecule has 4 rings (SSSR count). The molecule has 0 unspecified atom stereocenters. The second-order valence-electron chi connectivity index (χ2n) is 9.13. The highest BCUT2D eigenvalue weighted by atomic mass is 16.5. The average molecular weight is 429 g/mol. The molecule has 32 heavy (non-hydrogen) atoms. The van der Waals surface area contributed by atoms with E-state index in [2.05, 4.69) is 103 Å². The number of benzene rings is 3. The molecule has 0 bridgehead atoms. The monoisotopic (exact) mass is 428 g/mol. The Balaban J connectivity index is 1.60. The van der Waals surface area contributed by atoms with E-state index in [-0.39, 0.29) is 0 Å². The fourth-order valence-corrected chi connectivity index (χ4v) is 4.96. The van der Waals surface area contributed by atoms with Crippen molar-refractivity contribution in [3.05, 3.63) is 101 Å². The molecule has 0 amide bonds. The summed E-state index contributed by atoms with van der Waals surface area (Å²) in [6.45, 7) is 6.35. The third-order valence-corrected chi connectivity index (χ3v) is 6.71. The number of methoxy groups -OCH3 is 1. The topological polar surface area (TPSA) is 33.3 Å². The summed E-state index contributed by atoms with van der Waals surface area (Å²) in [6, 6.07) is 29.2. The third-order valence-electron chi connectivity index (χ3n) is 6.71. The maximum absolute atomic E-state index is 5.68. The van der Waals surface area contributed by atoms with Crippen LogP contribution in [0.1, 0.15) is 60.8 Å². The molecule has 3 nitrogen and oxygen atoms in total. The molecule has 1 heterocycles. The molecule has 2 atom stereocenters. The molecule has 1 saturated heterocycles. The van der Waals surface area contributed by atoms with Crippen molar-refractivity contribution in [3.8, 4) is 5.75 Å². The zero-order valence-electron chi connectivity index (χ0n) is 19.6. The lowest BCUT2D eigenvalue weighted by Crippen LogP contribution is -2.54. The maximum atomic E-state index is 5.68. The Morgan fingerprint density at radius 1 is 0.906 bits per heavy atom. The van der Waals surface area contributed by atoms with Crippen LogP contribution in [0.3, 0.4) is 0 Å². The minimum absolute atomic E-state index is 0.305. The SMILES string of the molecule is COc1ccc(C(C)C)cc1CN[C@@H]1CCCN[C@@H]1C(c1ccccc1)c1ccccc1. The van der Waals surface area contributed by atoms with Gasteiger partial charge in [-0.05, 0) is 48.1 Å². The van der Waals surface area contributed by atoms with E-state index in [1.807, 2.05) is 0 Å². The predicted octanol–water partition coefficient (Wildman–Crippen LogP) is 5.86. The summed E-state index contributed by atoms with van der Waals surface area (Å²) >= 11 is 0. The molecule has 168 valence electrons. The van der Waals surface area contributed by atoms with Gasteiger partial charge in [0.2, 0.25) is 0 Å². The van der Waals surface area contributed by atoms with Gasteiger partial charge >= 0.3 is 0 Å². The molecule has 1 fully saturated rings. The van der Waals surface area contributed by atoms with Crippen molar-refractivity contribution >= 4 is 0 Å². The fraction of sp³-hybridized carbons (Fsp3) is 0.379. The van der Waals surface area contributed by atoms with Crippen LogP contribution in [0.25, 0.3) is 0 Å². The van der Waals surface area contributed by atoms with Crippen LogP contribution < -0.4 is 15.4 Å². The fourth-order valence-electron chi connectivity index (χ4n) is 4.96. The largest absolute Gasteiger partial charge is 0.496 e. The quantitative estimate of drug-likeness (QED) is 0.471. The smallest absolute Gasteiger partial charge is 0.123 e. The van der Waals surface area contributed by atoms with Gasteiger partial charge in [0.15, 0.2) is 0 Å². The Morgan fingerprint density at radius 3 is 2.16 bits per heavy atom. The normalized spacial score (nSPS) is 18.8. The van der Waals surface area contributed by atoms with Gasteiger partial charge < -0.3 is 15.4 Å². The molecule has 3 aromatic rings. The lowest BCUT2D eigenvalue weighted by atomic mass is 9.79. The summed E-state index contributed by atoms with van der Waals surface area (Å²) in [5, 5.41) is 7.77. The molecule has 1 aliphatic heterocycles. The first kappa shape index (κ1) is 22.6. The van der Waals surface area contributed by atoms with Gasteiger partial charge in [0, 0.05) is 30.1 Å². The van der Waals surface area contributed by atoms with Gasteiger partial charge in [-0.15, -0.1) is 0 Å². The summed E-state index contributed by atoms with van der Waals surface area (Å²) in [5.41, 5.74) is 5.32. The number of hydrogen-bond donors (Lipinski definition) is 2.